The Kier molecular flexibility index (Phi) is 5.23. The first-order valence-electron chi connectivity index (χ1n) is 7.94. The summed E-state index contributed by atoms with van der Waals surface area (Å²) in [5.74, 6) is 1.50. The highest BCUT2D eigenvalue weighted by Gasteiger charge is 2.19. The molecule has 1 atom stereocenters. The molecule has 0 radical (unpaired) electrons. The molecular weight excluding hydrogens is 354 g/mol. The third-order valence-corrected chi connectivity index (χ3v) is 5.20. The van der Waals surface area contributed by atoms with Gasteiger partial charge >= 0.3 is 0 Å². The van der Waals surface area contributed by atoms with Crippen LogP contribution in [0, 0.1) is 0 Å². The Hall–Kier alpha value is -1.52. The van der Waals surface area contributed by atoms with E-state index in [0.29, 0.717) is 6.04 Å². The summed E-state index contributed by atoms with van der Waals surface area (Å²) in [4.78, 5) is 0. The Morgan fingerprint density at radius 2 is 1.87 bits per heavy atom. The highest BCUT2D eigenvalue weighted by atomic mass is 79.9. The lowest BCUT2D eigenvalue weighted by Crippen LogP contribution is -2.25. The molecular formula is C19H22BrNO2. The van der Waals surface area contributed by atoms with Gasteiger partial charge in [-0.05, 0) is 48.1 Å². The highest BCUT2D eigenvalue weighted by molar-refractivity contribution is 9.10. The van der Waals surface area contributed by atoms with E-state index in [9.17, 15) is 0 Å². The van der Waals surface area contributed by atoms with Gasteiger partial charge in [-0.15, -0.1) is 0 Å². The average Bonchev–Trinajstić information content (AvgIpc) is 2.60. The van der Waals surface area contributed by atoms with Crippen molar-refractivity contribution in [1.29, 1.82) is 0 Å². The summed E-state index contributed by atoms with van der Waals surface area (Å²) in [6, 6.07) is 13.2. The minimum atomic E-state index is 0.417. The predicted octanol–water partition coefficient (Wildman–Crippen LogP) is 4.63. The van der Waals surface area contributed by atoms with E-state index in [1.807, 2.05) is 12.1 Å². The Bertz CT molecular complexity index is 687. The van der Waals surface area contributed by atoms with Gasteiger partial charge in [-0.25, -0.2) is 0 Å². The maximum Gasteiger partial charge on any atom is 0.161 e. The molecule has 2 aromatic rings. The van der Waals surface area contributed by atoms with Gasteiger partial charge in [-0.2, -0.15) is 0 Å². The van der Waals surface area contributed by atoms with E-state index in [-0.39, 0.29) is 0 Å². The van der Waals surface area contributed by atoms with Gasteiger partial charge in [-0.1, -0.05) is 40.2 Å². The molecule has 122 valence electrons. The number of aryl methyl sites for hydroxylation is 1. The molecule has 2 aromatic carbocycles. The third-order valence-electron chi connectivity index (χ3n) is 4.46. The van der Waals surface area contributed by atoms with Crippen LogP contribution in [0.2, 0.25) is 0 Å². The number of benzene rings is 2. The average molecular weight is 376 g/mol. The van der Waals surface area contributed by atoms with E-state index >= 15 is 0 Å². The van der Waals surface area contributed by atoms with Crippen molar-refractivity contribution in [2.75, 3.05) is 14.2 Å². The van der Waals surface area contributed by atoms with Gasteiger partial charge in [0.25, 0.3) is 0 Å². The highest BCUT2D eigenvalue weighted by Crippen LogP contribution is 2.34. The predicted molar refractivity (Wildman–Crippen MR) is 96.2 cm³/mol. The number of methoxy groups -OCH3 is 2. The number of rotatable bonds is 5. The Labute approximate surface area is 146 Å². The molecule has 4 heteroatoms. The van der Waals surface area contributed by atoms with Gasteiger partial charge in [0.05, 0.1) is 14.2 Å². The molecule has 1 aliphatic rings. The molecule has 0 aliphatic heterocycles. The minimum Gasteiger partial charge on any atom is -0.493 e. The second-order valence-corrected chi connectivity index (χ2v) is 6.68. The molecule has 0 saturated heterocycles. The van der Waals surface area contributed by atoms with E-state index in [0.717, 1.165) is 22.5 Å². The number of hydrogen-bond donors (Lipinski definition) is 1. The summed E-state index contributed by atoms with van der Waals surface area (Å²) < 4.78 is 11.8. The number of nitrogens with one attached hydrogen (secondary N) is 1. The summed E-state index contributed by atoms with van der Waals surface area (Å²) >= 11 is 3.63. The SMILES string of the molecule is COc1cc(Br)c(CN[C@H]2CCCc3ccccc32)cc1OC. The monoisotopic (exact) mass is 375 g/mol. The lowest BCUT2D eigenvalue weighted by atomic mass is 9.87. The van der Waals surface area contributed by atoms with E-state index in [2.05, 4.69) is 45.5 Å². The molecule has 0 fully saturated rings. The molecule has 0 spiro atoms. The largest absolute Gasteiger partial charge is 0.493 e. The van der Waals surface area contributed by atoms with Crippen LogP contribution in [0.1, 0.15) is 35.6 Å². The van der Waals surface area contributed by atoms with Crippen LogP contribution in [0.15, 0.2) is 40.9 Å². The Morgan fingerprint density at radius 1 is 1.13 bits per heavy atom. The van der Waals surface area contributed by atoms with Crippen LogP contribution in [-0.4, -0.2) is 14.2 Å². The van der Waals surface area contributed by atoms with Gasteiger partial charge in [-0.3, -0.25) is 0 Å². The molecule has 0 aromatic heterocycles. The maximum atomic E-state index is 5.41. The maximum absolute atomic E-state index is 5.41. The molecule has 23 heavy (non-hydrogen) atoms. The standard InChI is InChI=1S/C19H22BrNO2/c1-22-18-10-14(16(20)11-19(18)23-2)12-21-17-9-5-7-13-6-3-4-8-15(13)17/h3-4,6,8,10-11,17,21H,5,7,9,12H2,1-2H3/t17-/m0/s1. The van der Waals surface area contributed by atoms with Gasteiger partial charge in [0.2, 0.25) is 0 Å². The van der Waals surface area contributed by atoms with E-state index in [4.69, 9.17) is 9.47 Å². The lowest BCUT2D eigenvalue weighted by Gasteiger charge is -2.26. The smallest absolute Gasteiger partial charge is 0.161 e. The molecule has 0 amide bonds. The Morgan fingerprint density at radius 3 is 2.65 bits per heavy atom. The summed E-state index contributed by atoms with van der Waals surface area (Å²) in [6.07, 6.45) is 3.61. The first-order valence-corrected chi connectivity index (χ1v) is 8.74. The van der Waals surface area contributed by atoms with E-state index in [1.165, 1.54) is 36.0 Å². The number of hydrogen-bond acceptors (Lipinski definition) is 3. The van der Waals surface area contributed by atoms with Crippen LogP contribution in [0.5, 0.6) is 11.5 Å². The number of ether oxygens (including phenoxy) is 2. The van der Waals surface area contributed by atoms with Crippen molar-refractivity contribution >= 4 is 15.9 Å². The molecule has 1 aliphatic carbocycles. The van der Waals surface area contributed by atoms with E-state index in [1.54, 1.807) is 14.2 Å². The number of fused-ring (bicyclic) bond motifs is 1. The quantitative estimate of drug-likeness (QED) is 0.825. The molecule has 0 bridgehead atoms. The van der Waals surface area contributed by atoms with Gasteiger partial charge in [0.1, 0.15) is 0 Å². The van der Waals surface area contributed by atoms with Crippen molar-refractivity contribution in [1.82, 2.24) is 5.32 Å². The molecule has 0 saturated carbocycles. The van der Waals surface area contributed by atoms with E-state index < -0.39 is 0 Å². The lowest BCUT2D eigenvalue weighted by molar-refractivity contribution is 0.354. The zero-order valence-corrected chi connectivity index (χ0v) is 15.2. The van der Waals surface area contributed by atoms with Crippen molar-refractivity contribution in [2.45, 2.75) is 31.8 Å². The normalized spacial score (nSPS) is 16.7. The zero-order valence-electron chi connectivity index (χ0n) is 13.6. The van der Waals surface area contributed by atoms with Crippen molar-refractivity contribution < 1.29 is 9.47 Å². The summed E-state index contributed by atoms with van der Waals surface area (Å²) in [5.41, 5.74) is 4.09. The Balaban J connectivity index is 1.77. The van der Waals surface area contributed by atoms with Crippen LogP contribution in [-0.2, 0) is 13.0 Å². The fourth-order valence-electron chi connectivity index (χ4n) is 3.23. The first-order chi connectivity index (χ1) is 11.2. The minimum absolute atomic E-state index is 0.417. The van der Waals surface area contributed by atoms with Crippen LogP contribution < -0.4 is 14.8 Å². The molecule has 0 unspecified atom stereocenters. The topological polar surface area (TPSA) is 30.5 Å². The first kappa shape index (κ1) is 16.3. The van der Waals surface area contributed by atoms with Crippen molar-refractivity contribution in [3.8, 4) is 11.5 Å². The van der Waals surface area contributed by atoms with Crippen LogP contribution >= 0.6 is 15.9 Å². The second-order valence-electron chi connectivity index (χ2n) is 5.82. The fraction of sp³-hybridized carbons (Fsp3) is 0.368. The molecule has 0 heterocycles. The van der Waals surface area contributed by atoms with Crippen molar-refractivity contribution in [2.24, 2.45) is 0 Å². The number of halogens is 1. The van der Waals surface area contributed by atoms with Crippen molar-refractivity contribution in [3.05, 3.63) is 57.6 Å². The molecule has 3 rings (SSSR count). The summed E-state index contributed by atoms with van der Waals surface area (Å²) in [7, 11) is 3.32. The van der Waals surface area contributed by atoms with Gasteiger partial charge in [0, 0.05) is 17.1 Å². The second kappa shape index (κ2) is 7.37. The van der Waals surface area contributed by atoms with Crippen LogP contribution in [0.4, 0.5) is 0 Å². The van der Waals surface area contributed by atoms with Crippen LogP contribution in [0.25, 0.3) is 0 Å². The summed E-state index contributed by atoms with van der Waals surface area (Å²) in [5, 5.41) is 3.70. The third kappa shape index (κ3) is 3.54. The molecule has 3 nitrogen and oxygen atoms in total. The van der Waals surface area contributed by atoms with Gasteiger partial charge < -0.3 is 14.8 Å². The van der Waals surface area contributed by atoms with Gasteiger partial charge in [0.15, 0.2) is 11.5 Å². The van der Waals surface area contributed by atoms with Crippen molar-refractivity contribution in [3.63, 3.8) is 0 Å². The fourth-order valence-corrected chi connectivity index (χ4v) is 3.69. The zero-order chi connectivity index (χ0) is 16.2. The van der Waals surface area contributed by atoms with Crippen LogP contribution in [0.3, 0.4) is 0 Å². The molecule has 1 N–H and O–H groups in total. The summed E-state index contributed by atoms with van der Waals surface area (Å²) in [6.45, 7) is 0.792.